The van der Waals surface area contributed by atoms with Crippen LogP contribution in [0.25, 0.3) is 0 Å². The fourth-order valence-electron chi connectivity index (χ4n) is 3.04. The zero-order valence-electron chi connectivity index (χ0n) is 11.5. The summed E-state index contributed by atoms with van der Waals surface area (Å²) in [5.41, 5.74) is 1.83. The largest absolute Gasteiger partial charge is 0.310 e. The van der Waals surface area contributed by atoms with E-state index in [1.165, 1.54) is 37.7 Å². The minimum absolute atomic E-state index is 0.382. The molecule has 1 aromatic rings. The first-order valence-corrected chi connectivity index (χ1v) is 7.52. The summed E-state index contributed by atoms with van der Waals surface area (Å²) < 4.78 is 0. The van der Waals surface area contributed by atoms with E-state index in [0.29, 0.717) is 11.5 Å². The maximum atomic E-state index is 6.04. The lowest BCUT2D eigenvalue weighted by atomic mass is 9.83. The number of hydrogen-bond donors (Lipinski definition) is 1. The van der Waals surface area contributed by atoms with Gasteiger partial charge in [-0.15, -0.1) is 0 Å². The van der Waals surface area contributed by atoms with Crippen molar-refractivity contribution in [2.75, 3.05) is 6.54 Å². The van der Waals surface area contributed by atoms with Crippen LogP contribution in [0.2, 0.25) is 5.02 Å². The summed E-state index contributed by atoms with van der Waals surface area (Å²) in [7, 11) is 0. The molecule has 2 rings (SSSR count). The van der Waals surface area contributed by atoms with Crippen molar-refractivity contribution in [3.63, 3.8) is 0 Å². The molecule has 0 aliphatic heterocycles. The van der Waals surface area contributed by atoms with Gasteiger partial charge in [-0.25, -0.2) is 0 Å². The summed E-state index contributed by atoms with van der Waals surface area (Å²) in [5, 5.41) is 4.53. The van der Waals surface area contributed by atoms with Crippen molar-refractivity contribution in [3.8, 4) is 0 Å². The molecular weight excluding hydrogens is 242 g/mol. The second kappa shape index (κ2) is 6.08. The van der Waals surface area contributed by atoms with E-state index in [2.05, 4.69) is 31.3 Å². The third kappa shape index (κ3) is 3.27. The van der Waals surface area contributed by atoms with Gasteiger partial charge in [0.05, 0.1) is 0 Å². The molecule has 0 radical (unpaired) electrons. The minimum atomic E-state index is 0.382. The third-order valence-electron chi connectivity index (χ3n) is 4.55. The van der Waals surface area contributed by atoms with E-state index in [9.17, 15) is 0 Å². The second-order valence-electron chi connectivity index (χ2n) is 5.72. The Hall–Kier alpha value is -0.530. The highest BCUT2D eigenvalue weighted by Gasteiger charge is 2.31. The lowest BCUT2D eigenvalue weighted by molar-refractivity contribution is 0.259. The zero-order chi connectivity index (χ0) is 13.0. The molecule has 0 amide bonds. The highest BCUT2D eigenvalue weighted by molar-refractivity contribution is 6.30. The number of halogens is 1. The van der Waals surface area contributed by atoms with E-state index in [1.807, 2.05) is 12.1 Å². The van der Waals surface area contributed by atoms with Crippen LogP contribution < -0.4 is 5.32 Å². The van der Waals surface area contributed by atoms with E-state index >= 15 is 0 Å². The van der Waals surface area contributed by atoms with Crippen LogP contribution in [0.3, 0.4) is 0 Å². The Bertz CT molecular complexity index is 382. The average Bonchev–Trinajstić information content (AvgIpc) is 2.85. The second-order valence-corrected chi connectivity index (χ2v) is 6.15. The van der Waals surface area contributed by atoms with Crippen LogP contribution in [0.5, 0.6) is 0 Å². The van der Waals surface area contributed by atoms with Gasteiger partial charge in [-0.2, -0.15) is 0 Å². The third-order valence-corrected chi connectivity index (χ3v) is 4.78. The predicted molar refractivity (Wildman–Crippen MR) is 79.1 cm³/mol. The average molecular weight is 266 g/mol. The van der Waals surface area contributed by atoms with Crippen LogP contribution in [-0.4, -0.2) is 6.54 Å². The molecule has 1 atom stereocenters. The van der Waals surface area contributed by atoms with Crippen LogP contribution in [0, 0.1) is 5.41 Å². The van der Waals surface area contributed by atoms with Crippen molar-refractivity contribution in [2.24, 2.45) is 5.41 Å². The fraction of sp³-hybridized carbons (Fsp3) is 0.625. The Balaban J connectivity index is 1.93. The molecular formula is C16H24ClN. The molecule has 0 spiro atoms. The normalized spacial score (nSPS) is 19.9. The van der Waals surface area contributed by atoms with Crippen LogP contribution in [0.1, 0.15) is 57.6 Å². The van der Waals surface area contributed by atoms with E-state index in [1.54, 1.807) is 0 Å². The van der Waals surface area contributed by atoms with Crippen molar-refractivity contribution in [1.29, 1.82) is 0 Å². The highest BCUT2D eigenvalue weighted by atomic mass is 35.5. The van der Waals surface area contributed by atoms with E-state index in [0.717, 1.165) is 11.6 Å². The fourth-order valence-corrected chi connectivity index (χ4v) is 3.24. The molecule has 0 aromatic heterocycles. The number of rotatable bonds is 5. The Morgan fingerprint density at radius 3 is 2.67 bits per heavy atom. The van der Waals surface area contributed by atoms with E-state index in [4.69, 9.17) is 11.6 Å². The molecule has 1 fully saturated rings. The zero-order valence-corrected chi connectivity index (χ0v) is 12.3. The van der Waals surface area contributed by atoms with Crippen LogP contribution in [0.4, 0.5) is 0 Å². The van der Waals surface area contributed by atoms with Crippen molar-refractivity contribution in [1.82, 2.24) is 5.32 Å². The molecule has 18 heavy (non-hydrogen) atoms. The summed E-state index contributed by atoms with van der Waals surface area (Å²) in [6.07, 6.45) is 6.88. The van der Waals surface area contributed by atoms with Gasteiger partial charge in [-0.3, -0.25) is 0 Å². The summed E-state index contributed by atoms with van der Waals surface area (Å²) in [6, 6.07) is 8.56. The standard InChI is InChI=1S/C16H24ClN/c1-3-16(9-4-5-10-16)12-18-13(2)14-7-6-8-15(17)11-14/h6-8,11,13,18H,3-5,9-10,12H2,1-2H3. The summed E-state index contributed by atoms with van der Waals surface area (Å²) in [6.45, 7) is 5.69. The monoisotopic (exact) mass is 265 g/mol. The quantitative estimate of drug-likeness (QED) is 0.793. The van der Waals surface area contributed by atoms with Crippen LogP contribution >= 0.6 is 11.6 Å². The van der Waals surface area contributed by atoms with Gasteiger partial charge in [0.25, 0.3) is 0 Å². The van der Waals surface area contributed by atoms with Gasteiger partial charge in [0.1, 0.15) is 0 Å². The predicted octanol–water partition coefficient (Wildman–Crippen LogP) is 4.96. The maximum absolute atomic E-state index is 6.04. The first-order chi connectivity index (χ1) is 8.65. The number of nitrogens with one attached hydrogen (secondary N) is 1. The minimum Gasteiger partial charge on any atom is -0.310 e. The molecule has 0 bridgehead atoms. The Labute approximate surface area is 116 Å². The van der Waals surface area contributed by atoms with Gasteiger partial charge < -0.3 is 5.32 Å². The van der Waals surface area contributed by atoms with Crippen molar-refractivity contribution >= 4 is 11.6 Å². The molecule has 1 unspecified atom stereocenters. The lowest BCUT2D eigenvalue weighted by Crippen LogP contribution is -2.33. The molecule has 0 heterocycles. The smallest absolute Gasteiger partial charge is 0.0409 e. The molecule has 1 aromatic carbocycles. The van der Waals surface area contributed by atoms with Gasteiger partial charge in [0, 0.05) is 17.6 Å². The van der Waals surface area contributed by atoms with Gasteiger partial charge in [0.2, 0.25) is 0 Å². The Morgan fingerprint density at radius 1 is 1.33 bits per heavy atom. The summed E-state index contributed by atoms with van der Waals surface area (Å²) >= 11 is 6.04. The number of benzene rings is 1. The van der Waals surface area contributed by atoms with Gasteiger partial charge >= 0.3 is 0 Å². The first-order valence-electron chi connectivity index (χ1n) is 7.14. The molecule has 0 saturated heterocycles. The van der Waals surface area contributed by atoms with Gasteiger partial charge in [0.15, 0.2) is 0 Å². The Morgan fingerprint density at radius 2 is 2.06 bits per heavy atom. The molecule has 1 aliphatic carbocycles. The van der Waals surface area contributed by atoms with Crippen molar-refractivity contribution in [3.05, 3.63) is 34.9 Å². The molecule has 1 N–H and O–H groups in total. The molecule has 1 saturated carbocycles. The highest BCUT2D eigenvalue weighted by Crippen LogP contribution is 2.40. The summed E-state index contributed by atoms with van der Waals surface area (Å²) in [5.74, 6) is 0. The first kappa shape index (κ1) is 13.9. The molecule has 1 aliphatic rings. The molecule has 2 heteroatoms. The van der Waals surface area contributed by atoms with Crippen molar-refractivity contribution < 1.29 is 0 Å². The maximum Gasteiger partial charge on any atom is 0.0409 e. The topological polar surface area (TPSA) is 12.0 Å². The van der Waals surface area contributed by atoms with Gasteiger partial charge in [-0.1, -0.05) is 43.5 Å². The summed E-state index contributed by atoms with van der Waals surface area (Å²) in [4.78, 5) is 0. The van der Waals surface area contributed by atoms with Gasteiger partial charge in [-0.05, 0) is 49.3 Å². The Kier molecular flexibility index (Phi) is 4.69. The SMILES string of the molecule is CCC1(CNC(C)c2cccc(Cl)c2)CCCC1. The van der Waals surface area contributed by atoms with E-state index < -0.39 is 0 Å². The van der Waals surface area contributed by atoms with Crippen LogP contribution in [-0.2, 0) is 0 Å². The number of hydrogen-bond acceptors (Lipinski definition) is 1. The lowest BCUT2D eigenvalue weighted by Gasteiger charge is -2.30. The van der Waals surface area contributed by atoms with Crippen LogP contribution in [0.15, 0.2) is 24.3 Å². The van der Waals surface area contributed by atoms with Crippen molar-refractivity contribution in [2.45, 2.75) is 52.0 Å². The van der Waals surface area contributed by atoms with E-state index in [-0.39, 0.29) is 0 Å². The molecule has 1 nitrogen and oxygen atoms in total. The molecule has 100 valence electrons.